The van der Waals surface area contributed by atoms with E-state index in [1.165, 1.54) is 38.5 Å². The van der Waals surface area contributed by atoms with E-state index < -0.39 is 0 Å². The molecule has 4 saturated carbocycles. The van der Waals surface area contributed by atoms with Gasteiger partial charge in [0.05, 0.1) is 0 Å². The summed E-state index contributed by atoms with van der Waals surface area (Å²) in [6.45, 7) is 12.2. The van der Waals surface area contributed by atoms with Crippen molar-refractivity contribution in [1.29, 1.82) is 0 Å². The average Bonchev–Trinajstić information content (AvgIpc) is 2.82. The first kappa shape index (κ1) is 14.3. The van der Waals surface area contributed by atoms with Crippen molar-refractivity contribution in [2.24, 2.45) is 33.0 Å². The van der Waals surface area contributed by atoms with Crippen LogP contribution in [0.25, 0.3) is 0 Å². The predicted molar refractivity (Wildman–Crippen MR) is 86.0 cm³/mol. The van der Waals surface area contributed by atoms with Crippen molar-refractivity contribution in [2.75, 3.05) is 0 Å². The zero-order chi connectivity index (χ0) is 15.3. The lowest BCUT2D eigenvalue weighted by molar-refractivity contribution is -0.188. The SMILES string of the molecule is CC1(C)CCC[C@@]2(C)[C@H]1CC[C@@]1(C)C(=O)[C@@]3(C)CC[C@@]12C3. The van der Waals surface area contributed by atoms with Gasteiger partial charge in [-0.2, -0.15) is 0 Å². The van der Waals surface area contributed by atoms with E-state index >= 15 is 0 Å². The number of fused-ring (bicyclic) bond motifs is 2. The van der Waals surface area contributed by atoms with Gasteiger partial charge in [-0.1, -0.05) is 41.0 Å². The number of Topliss-reactive ketones (excluding diaryl/α,β-unsaturated/α-hetero) is 1. The van der Waals surface area contributed by atoms with Crippen LogP contribution in [0.2, 0.25) is 0 Å². The molecule has 0 aromatic carbocycles. The van der Waals surface area contributed by atoms with Gasteiger partial charge >= 0.3 is 0 Å². The normalized spacial score (nSPS) is 58.0. The molecule has 1 heteroatoms. The lowest BCUT2D eigenvalue weighted by atomic mass is 9.37. The first-order valence-electron chi connectivity index (χ1n) is 9.16. The van der Waals surface area contributed by atoms with E-state index in [4.69, 9.17) is 0 Å². The molecule has 1 spiro atoms. The number of carbonyl (C=O) groups is 1. The van der Waals surface area contributed by atoms with Crippen molar-refractivity contribution in [3.63, 3.8) is 0 Å². The lowest BCUT2D eigenvalue weighted by Gasteiger charge is -2.66. The van der Waals surface area contributed by atoms with Crippen molar-refractivity contribution in [3.05, 3.63) is 0 Å². The van der Waals surface area contributed by atoms with Gasteiger partial charge in [-0.25, -0.2) is 0 Å². The molecular weight excluding hydrogens is 256 g/mol. The monoisotopic (exact) mass is 288 g/mol. The van der Waals surface area contributed by atoms with Gasteiger partial charge in [-0.15, -0.1) is 0 Å². The Morgan fingerprint density at radius 2 is 1.62 bits per heavy atom. The minimum Gasteiger partial charge on any atom is -0.298 e. The Labute approximate surface area is 130 Å². The van der Waals surface area contributed by atoms with Crippen molar-refractivity contribution in [2.45, 2.75) is 86.0 Å². The summed E-state index contributed by atoms with van der Waals surface area (Å²) >= 11 is 0. The summed E-state index contributed by atoms with van der Waals surface area (Å²) in [5.74, 6) is 1.45. The summed E-state index contributed by atoms with van der Waals surface area (Å²) in [5, 5.41) is 0. The fourth-order valence-electron chi connectivity index (χ4n) is 8.19. The number of hydrogen-bond donors (Lipinski definition) is 0. The second-order valence-electron chi connectivity index (χ2n) is 10.3. The molecule has 1 nitrogen and oxygen atoms in total. The second kappa shape index (κ2) is 3.60. The minimum atomic E-state index is -0.0152. The van der Waals surface area contributed by atoms with Gasteiger partial charge in [0, 0.05) is 10.8 Å². The molecule has 21 heavy (non-hydrogen) atoms. The Morgan fingerprint density at radius 3 is 2.33 bits per heavy atom. The van der Waals surface area contributed by atoms with E-state index in [0.29, 0.717) is 22.0 Å². The number of rotatable bonds is 0. The highest BCUT2D eigenvalue weighted by Gasteiger charge is 2.77. The fraction of sp³-hybridized carbons (Fsp3) is 0.950. The number of carbonyl (C=O) groups excluding carboxylic acids is 1. The maximum atomic E-state index is 13.2. The quantitative estimate of drug-likeness (QED) is 0.585. The van der Waals surface area contributed by atoms with Crippen molar-refractivity contribution in [3.8, 4) is 0 Å². The van der Waals surface area contributed by atoms with Crippen LogP contribution in [0.1, 0.15) is 86.0 Å². The molecule has 0 unspecified atom stereocenters. The van der Waals surface area contributed by atoms with E-state index in [9.17, 15) is 4.79 Å². The molecule has 118 valence electrons. The molecule has 0 heterocycles. The Hall–Kier alpha value is -0.330. The highest BCUT2D eigenvalue weighted by atomic mass is 16.1. The van der Waals surface area contributed by atoms with Gasteiger partial charge < -0.3 is 0 Å². The van der Waals surface area contributed by atoms with Crippen LogP contribution in [-0.4, -0.2) is 5.78 Å². The summed E-state index contributed by atoms with van der Waals surface area (Å²) < 4.78 is 0. The Balaban J connectivity index is 1.89. The largest absolute Gasteiger partial charge is 0.298 e. The van der Waals surface area contributed by atoms with Crippen LogP contribution in [0.4, 0.5) is 0 Å². The van der Waals surface area contributed by atoms with Crippen molar-refractivity contribution >= 4 is 5.78 Å². The molecule has 4 aliphatic carbocycles. The van der Waals surface area contributed by atoms with Crippen LogP contribution in [-0.2, 0) is 4.79 Å². The van der Waals surface area contributed by atoms with Crippen LogP contribution in [0, 0.1) is 33.0 Å². The standard InChI is InChI=1S/C20H32O/c1-16(2)8-6-9-18(4)14(16)7-10-19(5)15(21)17(3)11-12-20(18,19)13-17/h14H,6-13H2,1-5H3/t14-,17-,18-,19-,20-/m0/s1. The highest BCUT2D eigenvalue weighted by Crippen LogP contribution is 2.81. The summed E-state index contributed by atoms with van der Waals surface area (Å²) in [7, 11) is 0. The maximum absolute atomic E-state index is 13.2. The smallest absolute Gasteiger partial charge is 0.145 e. The topological polar surface area (TPSA) is 17.1 Å². The second-order valence-corrected chi connectivity index (χ2v) is 10.3. The Bertz CT molecular complexity index is 520. The Kier molecular flexibility index (Phi) is 2.44. The first-order chi connectivity index (χ1) is 9.62. The number of ketones is 1. The molecule has 2 bridgehead atoms. The molecule has 4 fully saturated rings. The van der Waals surface area contributed by atoms with Gasteiger partial charge in [0.15, 0.2) is 0 Å². The van der Waals surface area contributed by atoms with Crippen LogP contribution in [0.5, 0.6) is 0 Å². The van der Waals surface area contributed by atoms with E-state index in [-0.39, 0.29) is 10.8 Å². The van der Waals surface area contributed by atoms with Gasteiger partial charge in [-0.05, 0) is 67.1 Å². The average molecular weight is 288 g/mol. The third kappa shape index (κ3) is 1.30. The summed E-state index contributed by atoms with van der Waals surface area (Å²) in [4.78, 5) is 13.2. The molecule has 5 atom stereocenters. The van der Waals surface area contributed by atoms with E-state index in [0.717, 1.165) is 18.8 Å². The molecule has 0 radical (unpaired) electrons. The molecular formula is C20H32O. The summed E-state index contributed by atoms with van der Waals surface area (Å²) in [5.41, 5.74) is 1.17. The molecule has 0 saturated heterocycles. The van der Waals surface area contributed by atoms with E-state index in [2.05, 4.69) is 34.6 Å². The maximum Gasteiger partial charge on any atom is 0.145 e. The zero-order valence-corrected chi connectivity index (χ0v) is 14.6. The van der Waals surface area contributed by atoms with Gasteiger partial charge in [-0.3, -0.25) is 4.79 Å². The molecule has 0 aliphatic heterocycles. The van der Waals surface area contributed by atoms with E-state index in [1.54, 1.807) is 0 Å². The third-order valence-electron chi connectivity index (χ3n) is 9.16. The first-order valence-corrected chi connectivity index (χ1v) is 9.16. The summed E-state index contributed by atoms with van der Waals surface area (Å²) in [6.07, 6.45) is 10.2. The molecule has 0 N–H and O–H groups in total. The lowest BCUT2D eigenvalue weighted by Crippen LogP contribution is -2.61. The zero-order valence-electron chi connectivity index (χ0n) is 14.6. The third-order valence-corrected chi connectivity index (χ3v) is 9.16. The van der Waals surface area contributed by atoms with Gasteiger partial charge in [0.25, 0.3) is 0 Å². The van der Waals surface area contributed by atoms with Crippen LogP contribution >= 0.6 is 0 Å². The molecule has 0 amide bonds. The summed E-state index contributed by atoms with van der Waals surface area (Å²) in [6, 6.07) is 0. The molecule has 4 aliphatic rings. The van der Waals surface area contributed by atoms with Crippen molar-refractivity contribution in [1.82, 2.24) is 0 Å². The fourth-order valence-corrected chi connectivity index (χ4v) is 8.19. The van der Waals surface area contributed by atoms with Gasteiger partial charge in [0.2, 0.25) is 0 Å². The number of hydrogen-bond acceptors (Lipinski definition) is 1. The molecule has 4 rings (SSSR count). The van der Waals surface area contributed by atoms with Crippen LogP contribution in [0.15, 0.2) is 0 Å². The van der Waals surface area contributed by atoms with Crippen molar-refractivity contribution < 1.29 is 4.79 Å². The van der Waals surface area contributed by atoms with Crippen LogP contribution in [0.3, 0.4) is 0 Å². The van der Waals surface area contributed by atoms with E-state index in [1.807, 2.05) is 0 Å². The van der Waals surface area contributed by atoms with Gasteiger partial charge in [0.1, 0.15) is 5.78 Å². The van der Waals surface area contributed by atoms with Crippen LogP contribution < -0.4 is 0 Å². The highest BCUT2D eigenvalue weighted by molar-refractivity contribution is 5.94. The predicted octanol–water partition coefficient (Wildman–Crippen LogP) is 5.38. The minimum absolute atomic E-state index is 0.00817. The molecule has 0 aromatic heterocycles. The molecule has 0 aromatic rings. The Morgan fingerprint density at radius 1 is 0.905 bits per heavy atom.